The van der Waals surface area contributed by atoms with E-state index in [9.17, 15) is 8.42 Å². The first-order chi connectivity index (χ1) is 9.92. The molecule has 1 unspecified atom stereocenters. The lowest BCUT2D eigenvalue weighted by atomic mass is 10.2. The van der Waals surface area contributed by atoms with E-state index in [1.807, 2.05) is 26.0 Å². The van der Waals surface area contributed by atoms with E-state index >= 15 is 0 Å². The first-order valence-electron chi connectivity index (χ1n) is 6.77. The molecule has 2 aromatic rings. The Balaban J connectivity index is 2.09. The largest absolute Gasteiger partial charge is 0.378 e. The molecule has 0 radical (unpaired) electrons. The van der Waals surface area contributed by atoms with Crippen LogP contribution in [-0.4, -0.2) is 14.2 Å². The molecular weight excluding hydrogens is 326 g/mol. The topological polar surface area (TPSA) is 46.2 Å². The van der Waals surface area contributed by atoms with Gasteiger partial charge in [0.05, 0.1) is 21.0 Å². The SMILES string of the molecule is CCCS(=O)(=O)c1ccc(NC(C)c2ccc(Cl)s2)cc1. The molecule has 0 aliphatic heterocycles. The highest BCUT2D eigenvalue weighted by atomic mass is 35.5. The molecule has 3 nitrogen and oxygen atoms in total. The Kier molecular flexibility index (Phi) is 5.30. The molecule has 0 saturated carbocycles. The zero-order valence-corrected chi connectivity index (χ0v) is 14.4. The van der Waals surface area contributed by atoms with Gasteiger partial charge < -0.3 is 5.32 Å². The number of thiophene rings is 1. The van der Waals surface area contributed by atoms with Crippen molar-refractivity contribution < 1.29 is 8.42 Å². The molecule has 0 amide bonds. The zero-order chi connectivity index (χ0) is 15.5. The monoisotopic (exact) mass is 343 g/mol. The van der Waals surface area contributed by atoms with Crippen LogP contribution >= 0.6 is 22.9 Å². The Morgan fingerprint density at radius 2 is 1.86 bits per heavy atom. The van der Waals surface area contributed by atoms with Crippen LogP contribution in [0.1, 0.15) is 31.2 Å². The fourth-order valence-corrected chi connectivity index (χ4v) is 4.41. The van der Waals surface area contributed by atoms with Crippen LogP contribution in [0, 0.1) is 0 Å². The quantitative estimate of drug-likeness (QED) is 0.822. The van der Waals surface area contributed by atoms with Crippen molar-refractivity contribution >= 4 is 38.5 Å². The lowest BCUT2D eigenvalue weighted by molar-refractivity contribution is 0.595. The minimum absolute atomic E-state index is 0.126. The molecular formula is C15H18ClNO2S2. The molecule has 0 aliphatic carbocycles. The van der Waals surface area contributed by atoms with Crippen molar-refractivity contribution in [2.45, 2.75) is 31.2 Å². The molecule has 1 aromatic heterocycles. The Morgan fingerprint density at radius 3 is 2.38 bits per heavy atom. The maximum absolute atomic E-state index is 12.0. The van der Waals surface area contributed by atoms with Gasteiger partial charge in [-0.25, -0.2) is 8.42 Å². The number of anilines is 1. The molecule has 0 spiro atoms. The van der Waals surface area contributed by atoms with Crippen molar-refractivity contribution in [1.82, 2.24) is 0 Å². The summed E-state index contributed by atoms with van der Waals surface area (Å²) < 4.78 is 24.7. The predicted octanol–water partition coefficient (Wildman–Crippen LogP) is 4.76. The van der Waals surface area contributed by atoms with Gasteiger partial charge in [0.2, 0.25) is 0 Å². The van der Waals surface area contributed by atoms with Crippen LogP contribution in [0.5, 0.6) is 0 Å². The molecule has 0 fully saturated rings. The van der Waals surface area contributed by atoms with E-state index in [1.165, 1.54) is 11.3 Å². The van der Waals surface area contributed by atoms with Gasteiger partial charge in [0, 0.05) is 10.6 Å². The number of sulfone groups is 1. The minimum atomic E-state index is -3.15. The maximum atomic E-state index is 12.0. The van der Waals surface area contributed by atoms with Crippen molar-refractivity contribution in [1.29, 1.82) is 0 Å². The average Bonchev–Trinajstić information content (AvgIpc) is 2.86. The van der Waals surface area contributed by atoms with Gasteiger partial charge in [-0.05, 0) is 49.7 Å². The van der Waals surface area contributed by atoms with Crippen LogP contribution in [0.3, 0.4) is 0 Å². The lowest BCUT2D eigenvalue weighted by Gasteiger charge is -2.14. The summed E-state index contributed by atoms with van der Waals surface area (Å²) in [7, 11) is -3.15. The highest BCUT2D eigenvalue weighted by Gasteiger charge is 2.13. The number of hydrogen-bond acceptors (Lipinski definition) is 4. The summed E-state index contributed by atoms with van der Waals surface area (Å²) in [6, 6.07) is 10.9. The molecule has 0 aliphatic rings. The van der Waals surface area contributed by atoms with Gasteiger partial charge in [-0.2, -0.15) is 0 Å². The molecule has 1 heterocycles. The molecule has 0 bridgehead atoms. The van der Waals surface area contributed by atoms with E-state index in [0.29, 0.717) is 11.3 Å². The Hall–Kier alpha value is -1.04. The summed E-state index contributed by atoms with van der Waals surface area (Å²) in [4.78, 5) is 1.52. The van der Waals surface area contributed by atoms with E-state index in [4.69, 9.17) is 11.6 Å². The van der Waals surface area contributed by atoms with Gasteiger partial charge >= 0.3 is 0 Å². The van der Waals surface area contributed by atoms with Crippen molar-refractivity contribution in [2.24, 2.45) is 0 Å². The Morgan fingerprint density at radius 1 is 1.19 bits per heavy atom. The smallest absolute Gasteiger partial charge is 0.178 e. The Bertz CT molecular complexity index is 693. The summed E-state index contributed by atoms with van der Waals surface area (Å²) >= 11 is 7.47. The third kappa shape index (κ3) is 4.22. The second-order valence-electron chi connectivity index (χ2n) is 4.85. The summed E-state index contributed by atoms with van der Waals surface area (Å²) in [5, 5.41) is 3.34. The van der Waals surface area contributed by atoms with Crippen LogP contribution < -0.4 is 5.32 Å². The standard InChI is InChI=1S/C15H18ClNO2S2/c1-3-10-21(18,19)13-6-4-12(5-7-13)17-11(2)14-8-9-15(16)20-14/h4-9,11,17H,3,10H2,1-2H3. The van der Waals surface area contributed by atoms with Crippen molar-refractivity contribution in [3.8, 4) is 0 Å². The fourth-order valence-electron chi connectivity index (χ4n) is 2.03. The summed E-state index contributed by atoms with van der Waals surface area (Å²) in [6.07, 6.45) is 0.624. The van der Waals surface area contributed by atoms with E-state index in [2.05, 4.69) is 5.32 Å². The lowest BCUT2D eigenvalue weighted by Crippen LogP contribution is -2.07. The highest BCUT2D eigenvalue weighted by Crippen LogP contribution is 2.29. The van der Waals surface area contributed by atoms with Crippen LogP contribution in [0.25, 0.3) is 0 Å². The number of rotatable bonds is 6. The van der Waals surface area contributed by atoms with Gasteiger partial charge in [-0.15, -0.1) is 11.3 Å². The molecule has 6 heteroatoms. The van der Waals surface area contributed by atoms with Gasteiger partial charge in [0.25, 0.3) is 0 Å². The van der Waals surface area contributed by atoms with E-state index in [-0.39, 0.29) is 11.8 Å². The van der Waals surface area contributed by atoms with E-state index in [1.54, 1.807) is 24.3 Å². The van der Waals surface area contributed by atoms with Crippen molar-refractivity contribution in [3.63, 3.8) is 0 Å². The minimum Gasteiger partial charge on any atom is -0.378 e. The number of benzene rings is 1. The number of nitrogens with one attached hydrogen (secondary N) is 1. The zero-order valence-electron chi connectivity index (χ0n) is 12.0. The first kappa shape index (κ1) is 16.3. The molecule has 114 valence electrons. The van der Waals surface area contributed by atoms with Crippen LogP contribution in [0.15, 0.2) is 41.3 Å². The van der Waals surface area contributed by atoms with Gasteiger partial charge in [0.1, 0.15) is 0 Å². The average molecular weight is 344 g/mol. The van der Waals surface area contributed by atoms with Gasteiger partial charge in [0.15, 0.2) is 9.84 Å². The third-order valence-electron chi connectivity index (χ3n) is 3.09. The molecule has 1 N–H and O–H groups in total. The summed E-state index contributed by atoms with van der Waals surface area (Å²) in [5.74, 6) is 0.184. The molecule has 2 rings (SSSR count). The normalized spacial score (nSPS) is 13.1. The maximum Gasteiger partial charge on any atom is 0.178 e. The van der Waals surface area contributed by atoms with Crippen LogP contribution in [0.2, 0.25) is 4.34 Å². The summed E-state index contributed by atoms with van der Waals surface area (Å²) in [6.45, 7) is 3.91. The third-order valence-corrected chi connectivity index (χ3v) is 6.44. The molecule has 21 heavy (non-hydrogen) atoms. The van der Waals surface area contributed by atoms with Gasteiger partial charge in [-0.3, -0.25) is 0 Å². The number of halogens is 1. The predicted molar refractivity (Wildman–Crippen MR) is 90.2 cm³/mol. The van der Waals surface area contributed by atoms with Crippen molar-refractivity contribution in [3.05, 3.63) is 45.6 Å². The van der Waals surface area contributed by atoms with E-state index in [0.717, 1.165) is 14.9 Å². The van der Waals surface area contributed by atoms with Crippen molar-refractivity contribution in [2.75, 3.05) is 11.1 Å². The van der Waals surface area contributed by atoms with Crippen LogP contribution in [-0.2, 0) is 9.84 Å². The molecule has 0 saturated heterocycles. The molecule has 1 atom stereocenters. The first-order valence-corrected chi connectivity index (χ1v) is 9.61. The summed E-state index contributed by atoms with van der Waals surface area (Å²) in [5.41, 5.74) is 0.891. The second-order valence-corrected chi connectivity index (χ2v) is 8.71. The number of hydrogen-bond donors (Lipinski definition) is 1. The fraction of sp³-hybridized carbons (Fsp3) is 0.333. The van der Waals surface area contributed by atoms with Gasteiger partial charge in [-0.1, -0.05) is 18.5 Å². The molecule has 1 aromatic carbocycles. The second kappa shape index (κ2) is 6.81. The van der Waals surface area contributed by atoms with E-state index < -0.39 is 9.84 Å². The highest BCUT2D eigenvalue weighted by molar-refractivity contribution is 7.91. The van der Waals surface area contributed by atoms with Crippen LogP contribution in [0.4, 0.5) is 5.69 Å². The Labute approximate surface area is 134 Å².